The lowest BCUT2D eigenvalue weighted by Gasteiger charge is -2.17. The maximum Gasteiger partial charge on any atom is 0.416 e. The molecule has 0 spiro atoms. The van der Waals surface area contributed by atoms with E-state index in [1.54, 1.807) is 24.3 Å². The summed E-state index contributed by atoms with van der Waals surface area (Å²) in [6.07, 6.45) is -4.60. The molecule has 0 aliphatic carbocycles. The molecule has 0 fully saturated rings. The highest BCUT2D eigenvalue weighted by Gasteiger charge is 2.41. The molecule has 0 saturated heterocycles. The first-order valence-corrected chi connectivity index (χ1v) is 11.3. The van der Waals surface area contributed by atoms with Crippen molar-refractivity contribution in [1.82, 2.24) is 0 Å². The molecule has 0 bridgehead atoms. The zero-order chi connectivity index (χ0) is 23.8. The Bertz CT molecular complexity index is 1190. The third-order valence-electron chi connectivity index (χ3n) is 4.83. The summed E-state index contributed by atoms with van der Waals surface area (Å²) in [5.41, 5.74) is 0.505. The van der Waals surface area contributed by atoms with E-state index in [0.717, 1.165) is 43.7 Å². The quantitative estimate of drug-likeness (QED) is 0.368. The predicted molar refractivity (Wildman–Crippen MR) is 126 cm³/mol. The lowest BCUT2D eigenvalue weighted by molar-refractivity contribution is -0.137. The van der Waals surface area contributed by atoms with Gasteiger partial charge in [0.1, 0.15) is 10.6 Å². The number of alkyl halides is 3. The van der Waals surface area contributed by atoms with Gasteiger partial charge < -0.3 is 5.32 Å². The molecule has 0 saturated carbocycles. The van der Waals surface area contributed by atoms with E-state index in [9.17, 15) is 22.8 Å². The van der Waals surface area contributed by atoms with Crippen LogP contribution >= 0.6 is 27.7 Å². The molecule has 0 aromatic heterocycles. The van der Waals surface area contributed by atoms with Gasteiger partial charge in [-0.1, -0.05) is 51.5 Å². The molecule has 1 heterocycles. The fourth-order valence-electron chi connectivity index (χ4n) is 3.17. The van der Waals surface area contributed by atoms with Crippen molar-refractivity contribution >= 4 is 50.9 Å². The second-order valence-corrected chi connectivity index (χ2v) is 9.24. The third-order valence-corrected chi connectivity index (χ3v) is 6.45. The van der Waals surface area contributed by atoms with Crippen molar-refractivity contribution in [2.24, 2.45) is 0 Å². The number of anilines is 2. The summed E-state index contributed by atoms with van der Waals surface area (Å²) in [5, 5.41) is 2.98. The molecular formula is C24H16BrF3N2O2S. The van der Waals surface area contributed by atoms with E-state index < -0.39 is 23.6 Å². The molecule has 168 valence electrons. The maximum atomic E-state index is 13.3. The summed E-state index contributed by atoms with van der Waals surface area (Å²) in [5.74, 6) is -1.42. The van der Waals surface area contributed by atoms with E-state index in [2.05, 4.69) is 21.2 Å². The minimum atomic E-state index is -4.60. The SMILES string of the molecule is Cc1ccc(SC2=C(Nc3ccc(Br)cc3)C(=O)N(c3cccc(C(F)(F)F)c3)C2=O)cc1. The number of carbonyl (C=O) groups excluding carboxylic acids is 2. The van der Waals surface area contributed by atoms with Gasteiger partial charge in [-0.05, 0) is 61.5 Å². The van der Waals surface area contributed by atoms with Crippen LogP contribution in [0.5, 0.6) is 0 Å². The Kier molecular flexibility index (Phi) is 6.36. The standard InChI is InChI=1S/C24H16BrF3N2O2S/c1-14-5-11-19(12-6-14)33-21-20(29-17-9-7-16(25)8-10-17)22(31)30(23(21)32)18-4-2-3-15(13-18)24(26,27)28/h2-13,29H,1H3. The number of hydrogen-bond acceptors (Lipinski definition) is 4. The summed E-state index contributed by atoms with van der Waals surface area (Å²) in [7, 11) is 0. The highest BCUT2D eigenvalue weighted by Crippen LogP contribution is 2.39. The molecule has 1 N–H and O–H groups in total. The molecule has 4 rings (SSSR count). The summed E-state index contributed by atoms with van der Waals surface area (Å²) >= 11 is 4.42. The van der Waals surface area contributed by atoms with E-state index in [1.807, 2.05) is 31.2 Å². The van der Waals surface area contributed by atoms with Crippen molar-refractivity contribution in [1.29, 1.82) is 0 Å². The molecule has 2 amide bonds. The first-order chi connectivity index (χ1) is 15.6. The fraction of sp³-hybridized carbons (Fsp3) is 0.0833. The number of rotatable bonds is 5. The zero-order valence-electron chi connectivity index (χ0n) is 17.1. The van der Waals surface area contributed by atoms with Gasteiger partial charge in [-0.3, -0.25) is 9.59 Å². The first-order valence-electron chi connectivity index (χ1n) is 9.71. The van der Waals surface area contributed by atoms with Gasteiger partial charge >= 0.3 is 6.18 Å². The molecule has 1 aliphatic heterocycles. The molecule has 3 aromatic carbocycles. The fourth-order valence-corrected chi connectivity index (χ4v) is 4.36. The molecule has 4 nitrogen and oxygen atoms in total. The van der Waals surface area contributed by atoms with Gasteiger partial charge in [0.25, 0.3) is 11.8 Å². The lowest BCUT2D eigenvalue weighted by Crippen LogP contribution is -2.32. The zero-order valence-corrected chi connectivity index (χ0v) is 19.5. The van der Waals surface area contributed by atoms with Crippen LogP contribution in [0.3, 0.4) is 0 Å². The maximum absolute atomic E-state index is 13.3. The summed E-state index contributed by atoms with van der Waals surface area (Å²) < 4.78 is 40.5. The molecule has 9 heteroatoms. The van der Waals surface area contributed by atoms with Crippen molar-refractivity contribution in [3.8, 4) is 0 Å². The number of imide groups is 1. The second-order valence-electron chi connectivity index (χ2n) is 7.24. The van der Waals surface area contributed by atoms with Crippen molar-refractivity contribution in [3.63, 3.8) is 0 Å². The monoisotopic (exact) mass is 532 g/mol. The van der Waals surface area contributed by atoms with Gasteiger partial charge in [-0.15, -0.1) is 0 Å². The van der Waals surface area contributed by atoms with E-state index in [0.29, 0.717) is 5.69 Å². The van der Waals surface area contributed by atoms with Gasteiger partial charge in [0.2, 0.25) is 0 Å². The molecule has 0 unspecified atom stereocenters. The number of aryl methyl sites for hydroxylation is 1. The number of carbonyl (C=O) groups is 2. The smallest absolute Gasteiger partial charge is 0.350 e. The van der Waals surface area contributed by atoms with Crippen LogP contribution in [0.15, 0.2) is 92.8 Å². The van der Waals surface area contributed by atoms with Crippen LogP contribution in [0.1, 0.15) is 11.1 Å². The number of amides is 2. The summed E-state index contributed by atoms with van der Waals surface area (Å²) in [4.78, 5) is 28.2. The average Bonchev–Trinajstić information content (AvgIpc) is 3.00. The Morgan fingerprint density at radius 2 is 1.58 bits per heavy atom. The summed E-state index contributed by atoms with van der Waals surface area (Å²) in [6.45, 7) is 1.92. The van der Waals surface area contributed by atoms with Crippen molar-refractivity contribution in [2.75, 3.05) is 10.2 Å². The van der Waals surface area contributed by atoms with Crippen LogP contribution in [-0.2, 0) is 15.8 Å². The van der Waals surface area contributed by atoms with E-state index >= 15 is 0 Å². The van der Waals surface area contributed by atoms with Gasteiger partial charge in [0, 0.05) is 15.1 Å². The minimum Gasteiger partial charge on any atom is -0.350 e. The number of nitrogens with zero attached hydrogens (tertiary/aromatic N) is 1. The van der Waals surface area contributed by atoms with Gasteiger partial charge in [-0.2, -0.15) is 13.2 Å². The second kappa shape index (κ2) is 9.07. The predicted octanol–water partition coefficient (Wildman–Crippen LogP) is 6.77. The van der Waals surface area contributed by atoms with Crippen molar-refractivity contribution in [3.05, 3.63) is 99.0 Å². The minimum absolute atomic E-state index is 0.00492. The molecular weight excluding hydrogens is 517 g/mol. The average molecular weight is 533 g/mol. The lowest BCUT2D eigenvalue weighted by atomic mass is 10.2. The number of benzene rings is 3. The van der Waals surface area contributed by atoms with Crippen LogP contribution in [0.2, 0.25) is 0 Å². The number of nitrogens with one attached hydrogen (secondary N) is 1. The number of hydrogen-bond donors (Lipinski definition) is 1. The van der Waals surface area contributed by atoms with Crippen molar-refractivity contribution < 1.29 is 22.8 Å². The Labute approximate surface area is 200 Å². The van der Waals surface area contributed by atoms with Crippen LogP contribution in [0.25, 0.3) is 0 Å². The normalized spacial score (nSPS) is 14.3. The first kappa shape index (κ1) is 23.1. The molecule has 0 atom stereocenters. The highest BCUT2D eigenvalue weighted by molar-refractivity contribution is 9.10. The largest absolute Gasteiger partial charge is 0.416 e. The van der Waals surface area contributed by atoms with Gasteiger partial charge in [-0.25, -0.2) is 4.90 Å². The highest BCUT2D eigenvalue weighted by atomic mass is 79.9. The van der Waals surface area contributed by atoms with Gasteiger partial charge in [0.15, 0.2) is 0 Å². The van der Waals surface area contributed by atoms with Crippen LogP contribution in [-0.4, -0.2) is 11.8 Å². The van der Waals surface area contributed by atoms with Crippen molar-refractivity contribution in [2.45, 2.75) is 18.0 Å². The molecule has 3 aromatic rings. The van der Waals surface area contributed by atoms with E-state index in [4.69, 9.17) is 0 Å². The van der Waals surface area contributed by atoms with Gasteiger partial charge in [0.05, 0.1) is 11.3 Å². The van der Waals surface area contributed by atoms with Crippen LogP contribution < -0.4 is 10.2 Å². The Hall–Kier alpha value is -3.04. The topological polar surface area (TPSA) is 49.4 Å². The van der Waals surface area contributed by atoms with E-state index in [1.165, 1.54) is 12.1 Å². The van der Waals surface area contributed by atoms with E-state index in [-0.39, 0.29) is 16.3 Å². The molecule has 0 radical (unpaired) electrons. The van der Waals surface area contributed by atoms with Crippen LogP contribution in [0, 0.1) is 6.92 Å². The molecule has 33 heavy (non-hydrogen) atoms. The number of thioether (sulfide) groups is 1. The Balaban J connectivity index is 1.75. The Morgan fingerprint density at radius 1 is 0.909 bits per heavy atom. The van der Waals surface area contributed by atoms with Crippen LogP contribution in [0.4, 0.5) is 24.5 Å². The number of halogens is 4. The Morgan fingerprint density at radius 3 is 2.21 bits per heavy atom. The third kappa shape index (κ3) is 4.99. The summed E-state index contributed by atoms with van der Waals surface area (Å²) in [6, 6.07) is 18.5. The molecule has 1 aliphatic rings.